The van der Waals surface area contributed by atoms with Crippen molar-refractivity contribution in [3.63, 3.8) is 0 Å². The van der Waals surface area contributed by atoms with Crippen LogP contribution >= 0.6 is 31.9 Å². The fraction of sp³-hybridized carbons (Fsp3) is 0.0870. The van der Waals surface area contributed by atoms with Crippen LogP contribution in [0.4, 0.5) is 5.69 Å². The molecule has 0 aliphatic heterocycles. The largest absolute Gasteiger partial charge is 0.487 e. The van der Waals surface area contributed by atoms with Crippen molar-refractivity contribution in [3.05, 3.63) is 102 Å². The lowest BCUT2D eigenvalue weighted by atomic mass is 10.0. The number of aryl methyl sites for hydroxylation is 1. The average Bonchev–Trinajstić information content (AvgIpc) is 2.72. The lowest BCUT2D eigenvalue weighted by molar-refractivity contribution is -0.384. The molecule has 0 unspecified atom stereocenters. The number of nitriles is 1. The van der Waals surface area contributed by atoms with Gasteiger partial charge in [0.2, 0.25) is 0 Å². The molecule has 0 aliphatic carbocycles. The van der Waals surface area contributed by atoms with Gasteiger partial charge < -0.3 is 4.74 Å². The molecule has 0 spiro atoms. The van der Waals surface area contributed by atoms with E-state index in [1.165, 1.54) is 12.1 Å². The summed E-state index contributed by atoms with van der Waals surface area (Å²) in [7, 11) is 0. The van der Waals surface area contributed by atoms with Gasteiger partial charge in [0.15, 0.2) is 0 Å². The van der Waals surface area contributed by atoms with Gasteiger partial charge in [0.1, 0.15) is 12.4 Å². The SMILES string of the molecule is Cc1ccc(/C(C#N)=C\c2cc(Br)c(OCc3cccc([N+](=O)[O-])c3)c(Br)c2)cc1. The standard InChI is InChI=1S/C23H16Br2N2O3/c1-15-5-7-18(8-6-15)19(13-26)9-17-11-21(24)23(22(25)12-17)30-14-16-3-2-4-20(10-16)27(28)29/h2-12H,14H2,1H3/b19-9-. The Bertz CT molecular complexity index is 1140. The van der Waals surface area contributed by atoms with E-state index in [9.17, 15) is 15.4 Å². The van der Waals surface area contributed by atoms with Crippen molar-refractivity contribution in [2.75, 3.05) is 0 Å². The second kappa shape index (κ2) is 9.70. The van der Waals surface area contributed by atoms with Gasteiger partial charge >= 0.3 is 0 Å². The number of nitro benzene ring substituents is 1. The van der Waals surface area contributed by atoms with Crippen LogP contribution in [0.25, 0.3) is 11.6 Å². The van der Waals surface area contributed by atoms with Crippen molar-refractivity contribution in [1.29, 1.82) is 5.26 Å². The maximum Gasteiger partial charge on any atom is 0.269 e. The van der Waals surface area contributed by atoms with Crippen molar-refractivity contribution < 1.29 is 9.66 Å². The Kier molecular flexibility index (Phi) is 7.03. The molecule has 0 heterocycles. The van der Waals surface area contributed by atoms with E-state index < -0.39 is 4.92 Å². The molecule has 0 amide bonds. The number of nitro groups is 1. The van der Waals surface area contributed by atoms with Crippen LogP contribution in [0.1, 0.15) is 22.3 Å². The van der Waals surface area contributed by atoms with Crippen LogP contribution in [0, 0.1) is 28.4 Å². The van der Waals surface area contributed by atoms with E-state index in [1.807, 2.05) is 49.4 Å². The minimum Gasteiger partial charge on any atom is -0.487 e. The molecule has 0 saturated carbocycles. The van der Waals surface area contributed by atoms with Crippen molar-refractivity contribution in [3.8, 4) is 11.8 Å². The Morgan fingerprint density at radius 2 is 1.80 bits per heavy atom. The monoisotopic (exact) mass is 526 g/mol. The van der Waals surface area contributed by atoms with Crippen LogP contribution in [-0.2, 0) is 6.61 Å². The zero-order valence-electron chi connectivity index (χ0n) is 15.9. The van der Waals surface area contributed by atoms with Crippen LogP contribution < -0.4 is 4.74 Å². The van der Waals surface area contributed by atoms with E-state index in [0.717, 1.165) is 16.7 Å². The maximum atomic E-state index is 10.9. The van der Waals surface area contributed by atoms with Crippen LogP contribution in [0.5, 0.6) is 5.75 Å². The lowest BCUT2D eigenvalue weighted by Gasteiger charge is -2.12. The van der Waals surface area contributed by atoms with Gasteiger partial charge in [0, 0.05) is 12.1 Å². The van der Waals surface area contributed by atoms with E-state index in [1.54, 1.807) is 12.1 Å². The Hall–Kier alpha value is -2.95. The first-order valence-corrected chi connectivity index (χ1v) is 10.5. The molecule has 0 atom stereocenters. The quantitative estimate of drug-likeness (QED) is 0.149. The second-order valence-electron chi connectivity index (χ2n) is 6.57. The number of non-ortho nitro benzene ring substituents is 1. The zero-order valence-corrected chi connectivity index (χ0v) is 19.1. The van der Waals surface area contributed by atoms with Gasteiger partial charge in [-0.2, -0.15) is 5.26 Å². The van der Waals surface area contributed by atoms with Gasteiger partial charge in [-0.1, -0.05) is 42.0 Å². The number of hydrogen-bond acceptors (Lipinski definition) is 4. The number of halogens is 2. The molecule has 0 aromatic heterocycles. The van der Waals surface area contributed by atoms with Crippen molar-refractivity contribution in [2.45, 2.75) is 13.5 Å². The fourth-order valence-corrected chi connectivity index (χ4v) is 4.25. The van der Waals surface area contributed by atoms with Gasteiger partial charge in [0.05, 0.1) is 25.5 Å². The first-order chi connectivity index (χ1) is 14.4. The van der Waals surface area contributed by atoms with Gasteiger partial charge in [-0.05, 0) is 73.7 Å². The molecule has 0 fully saturated rings. The summed E-state index contributed by atoms with van der Waals surface area (Å²) in [6.45, 7) is 2.18. The molecule has 5 nitrogen and oxygen atoms in total. The smallest absolute Gasteiger partial charge is 0.269 e. The highest BCUT2D eigenvalue weighted by Gasteiger charge is 2.11. The summed E-state index contributed by atoms with van der Waals surface area (Å²) in [6.07, 6.45) is 1.81. The topological polar surface area (TPSA) is 76.2 Å². The average molecular weight is 528 g/mol. The molecular formula is C23H16Br2N2O3. The Balaban J connectivity index is 1.83. The number of allylic oxidation sites excluding steroid dienone is 1. The molecule has 3 aromatic rings. The van der Waals surface area contributed by atoms with Crippen molar-refractivity contribution >= 4 is 49.2 Å². The van der Waals surface area contributed by atoms with E-state index in [-0.39, 0.29) is 12.3 Å². The first kappa shape index (κ1) is 21.8. The zero-order chi connectivity index (χ0) is 21.7. The molecule has 0 N–H and O–H groups in total. The molecule has 7 heteroatoms. The highest BCUT2D eigenvalue weighted by Crippen LogP contribution is 2.36. The van der Waals surface area contributed by atoms with Gasteiger partial charge in [-0.25, -0.2) is 0 Å². The minimum atomic E-state index is -0.433. The molecule has 0 aliphatic rings. The summed E-state index contributed by atoms with van der Waals surface area (Å²) in [5.74, 6) is 0.576. The normalized spacial score (nSPS) is 11.1. The number of hydrogen-bond donors (Lipinski definition) is 0. The molecule has 0 radical (unpaired) electrons. The molecule has 3 aromatic carbocycles. The van der Waals surface area contributed by atoms with Crippen LogP contribution in [0.15, 0.2) is 69.6 Å². The fourth-order valence-electron chi connectivity index (χ4n) is 2.80. The van der Waals surface area contributed by atoms with Crippen LogP contribution in [-0.4, -0.2) is 4.92 Å². The second-order valence-corrected chi connectivity index (χ2v) is 8.27. The van der Waals surface area contributed by atoms with E-state index in [2.05, 4.69) is 37.9 Å². The van der Waals surface area contributed by atoms with E-state index in [0.29, 0.717) is 25.8 Å². The summed E-state index contributed by atoms with van der Waals surface area (Å²) in [6, 6.07) is 20.1. The third-order valence-electron chi connectivity index (χ3n) is 4.32. The van der Waals surface area contributed by atoms with Gasteiger partial charge in [-0.15, -0.1) is 0 Å². The molecule has 3 rings (SSSR count). The summed E-state index contributed by atoms with van der Waals surface area (Å²) >= 11 is 7.02. The van der Waals surface area contributed by atoms with E-state index >= 15 is 0 Å². The lowest BCUT2D eigenvalue weighted by Crippen LogP contribution is -1.98. The number of benzene rings is 3. The molecule has 0 bridgehead atoms. The predicted octanol–water partition coefficient (Wildman–Crippen LogP) is 7.07. The summed E-state index contributed by atoms with van der Waals surface area (Å²) in [4.78, 5) is 10.5. The molecule has 150 valence electrons. The van der Waals surface area contributed by atoms with Gasteiger partial charge in [-0.3, -0.25) is 10.1 Å². The number of rotatable bonds is 6. The summed E-state index contributed by atoms with van der Waals surface area (Å²) < 4.78 is 7.28. The van der Waals surface area contributed by atoms with Crippen LogP contribution in [0.2, 0.25) is 0 Å². The highest BCUT2D eigenvalue weighted by molar-refractivity contribution is 9.11. The summed E-state index contributed by atoms with van der Waals surface area (Å²) in [5.41, 5.74) is 4.08. The number of ether oxygens (including phenoxy) is 1. The van der Waals surface area contributed by atoms with Crippen molar-refractivity contribution in [2.24, 2.45) is 0 Å². The van der Waals surface area contributed by atoms with Gasteiger partial charge in [0.25, 0.3) is 5.69 Å². The first-order valence-electron chi connectivity index (χ1n) is 8.91. The molecular weight excluding hydrogens is 512 g/mol. The molecule has 30 heavy (non-hydrogen) atoms. The van der Waals surface area contributed by atoms with Crippen LogP contribution in [0.3, 0.4) is 0 Å². The van der Waals surface area contributed by atoms with E-state index in [4.69, 9.17) is 4.74 Å². The Labute approximate surface area is 191 Å². The minimum absolute atomic E-state index is 0.0230. The third-order valence-corrected chi connectivity index (χ3v) is 5.50. The maximum absolute atomic E-state index is 10.9. The number of nitrogens with zero attached hydrogens (tertiary/aromatic N) is 2. The highest BCUT2D eigenvalue weighted by atomic mass is 79.9. The summed E-state index contributed by atoms with van der Waals surface area (Å²) in [5, 5.41) is 20.5. The Morgan fingerprint density at radius 1 is 1.13 bits per heavy atom. The predicted molar refractivity (Wildman–Crippen MR) is 124 cm³/mol. The third kappa shape index (κ3) is 5.35. The van der Waals surface area contributed by atoms with Crippen molar-refractivity contribution in [1.82, 2.24) is 0 Å². The molecule has 0 saturated heterocycles. The Morgan fingerprint density at radius 3 is 2.40 bits per heavy atom.